The molecule has 0 radical (unpaired) electrons. The highest BCUT2D eigenvalue weighted by molar-refractivity contribution is 8.18. The number of methoxy groups -OCH3 is 3. The van der Waals surface area contributed by atoms with Crippen LogP contribution in [0.15, 0.2) is 39.9 Å². The monoisotopic (exact) mass is 412 g/mol. The Morgan fingerprint density at radius 2 is 1.76 bits per heavy atom. The fourth-order valence-electron chi connectivity index (χ4n) is 3.05. The lowest BCUT2D eigenvalue weighted by atomic mass is 10.0. The summed E-state index contributed by atoms with van der Waals surface area (Å²) >= 11 is 0.832. The normalized spacial score (nSPS) is 15.1. The van der Waals surface area contributed by atoms with E-state index in [2.05, 4.69) is 10.3 Å². The minimum Gasteiger partial charge on any atom is -0.493 e. The summed E-state index contributed by atoms with van der Waals surface area (Å²) in [4.78, 5) is 27.7. The zero-order chi connectivity index (χ0) is 20.5. The van der Waals surface area contributed by atoms with Crippen LogP contribution in [0.5, 0.6) is 17.2 Å². The molecular weight excluding hydrogens is 396 g/mol. The number of aromatic nitrogens is 1. The highest BCUT2D eigenvalue weighted by Gasteiger charge is 2.25. The third-order valence-electron chi connectivity index (χ3n) is 4.33. The van der Waals surface area contributed by atoms with E-state index in [-0.39, 0.29) is 4.91 Å². The Labute approximate surface area is 169 Å². The van der Waals surface area contributed by atoms with Gasteiger partial charge in [-0.3, -0.25) is 19.9 Å². The van der Waals surface area contributed by atoms with E-state index in [0.717, 1.165) is 22.7 Å². The predicted octanol–water partition coefficient (Wildman–Crippen LogP) is 3.84. The average molecular weight is 412 g/mol. The first-order valence-electron chi connectivity index (χ1n) is 8.47. The van der Waals surface area contributed by atoms with Crippen LogP contribution in [0.3, 0.4) is 0 Å². The standard InChI is InChI=1S/C20H16N2O6S/c1-25-14-5-10(6-15(26-2)18(14)27-3)13-9-21-8-11-4-12(28-17(11)13)7-16-19(23)22-20(24)29-16/h4-9H,1-3H3,(H,22,23,24). The van der Waals surface area contributed by atoms with Gasteiger partial charge in [-0.15, -0.1) is 0 Å². The van der Waals surface area contributed by atoms with Crippen LogP contribution in [-0.2, 0) is 4.79 Å². The van der Waals surface area contributed by atoms with Crippen molar-refractivity contribution >= 4 is 40.0 Å². The summed E-state index contributed by atoms with van der Waals surface area (Å²) in [5.41, 5.74) is 2.05. The Morgan fingerprint density at radius 1 is 1.03 bits per heavy atom. The molecule has 2 amide bonds. The number of carbonyl (C=O) groups excluding carboxylic acids is 2. The summed E-state index contributed by atoms with van der Waals surface area (Å²) in [6, 6.07) is 5.36. The molecule has 0 atom stereocenters. The van der Waals surface area contributed by atoms with Crippen LogP contribution < -0.4 is 19.5 Å². The number of ether oxygens (including phenoxy) is 3. The average Bonchev–Trinajstić information content (AvgIpc) is 3.28. The number of imide groups is 1. The number of pyridine rings is 1. The molecule has 0 bridgehead atoms. The SMILES string of the molecule is COc1cc(-c2cncc3cc(C=C4SC(=O)NC4=O)oc23)cc(OC)c1OC. The molecule has 2 aromatic heterocycles. The molecule has 4 rings (SSSR count). The first-order valence-corrected chi connectivity index (χ1v) is 9.28. The lowest BCUT2D eigenvalue weighted by Gasteiger charge is -2.14. The molecule has 3 heterocycles. The largest absolute Gasteiger partial charge is 0.493 e. The van der Waals surface area contributed by atoms with Gasteiger partial charge in [0.1, 0.15) is 11.3 Å². The van der Waals surface area contributed by atoms with E-state index in [4.69, 9.17) is 18.6 Å². The van der Waals surface area contributed by atoms with Gasteiger partial charge in [0.2, 0.25) is 5.75 Å². The minimum atomic E-state index is -0.441. The van der Waals surface area contributed by atoms with Crippen LogP contribution >= 0.6 is 11.8 Å². The van der Waals surface area contributed by atoms with Crippen molar-refractivity contribution in [1.82, 2.24) is 10.3 Å². The molecular formula is C20H16N2O6S. The third kappa shape index (κ3) is 3.40. The first-order chi connectivity index (χ1) is 14.0. The number of thioether (sulfide) groups is 1. The van der Waals surface area contributed by atoms with Crippen molar-refractivity contribution in [3.63, 3.8) is 0 Å². The highest BCUT2D eigenvalue weighted by atomic mass is 32.2. The van der Waals surface area contributed by atoms with Crippen molar-refractivity contribution in [2.45, 2.75) is 0 Å². The lowest BCUT2D eigenvalue weighted by molar-refractivity contribution is -0.115. The van der Waals surface area contributed by atoms with E-state index in [1.807, 2.05) is 0 Å². The maximum Gasteiger partial charge on any atom is 0.290 e. The molecule has 148 valence electrons. The number of nitrogens with zero attached hydrogens (tertiary/aromatic N) is 1. The maximum atomic E-state index is 11.8. The molecule has 8 nitrogen and oxygen atoms in total. The third-order valence-corrected chi connectivity index (χ3v) is 5.14. The zero-order valence-electron chi connectivity index (χ0n) is 15.8. The Hall–Kier alpha value is -3.46. The van der Waals surface area contributed by atoms with Crippen molar-refractivity contribution < 1.29 is 28.2 Å². The van der Waals surface area contributed by atoms with Crippen LogP contribution in [-0.4, -0.2) is 37.5 Å². The molecule has 1 N–H and O–H groups in total. The number of nitrogens with one attached hydrogen (secondary N) is 1. The van der Waals surface area contributed by atoms with Crippen LogP contribution in [0.4, 0.5) is 4.79 Å². The fraction of sp³-hybridized carbons (Fsp3) is 0.150. The van der Waals surface area contributed by atoms with Crippen LogP contribution in [0.1, 0.15) is 5.76 Å². The molecule has 1 fully saturated rings. The molecule has 9 heteroatoms. The summed E-state index contributed by atoms with van der Waals surface area (Å²) in [5, 5.41) is 2.56. The Morgan fingerprint density at radius 3 is 2.34 bits per heavy atom. The van der Waals surface area contributed by atoms with Gasteiger partial charge in [-0.05, 0) is 35.5 Å². The fourth-order valence-corrected chi connectivity index (χ4v) is 3.71. The first kappa shape index (κ1) is 18.9. The summed E-state index contributed by atoms with van der Waals surface area (Å²) < 4.78 is 22.2. The van der Waals surface area contributed by atoms with Gasteiger partial charge in [0.15, 0.2) is 11.5 Å². The van der Waals surface area contributed by atoms with Crippen LogP contribution in [0.2, 0.25) is 0 Å². The van der Waals surface area contributed by atoms with Gasteiger partial charge < -0.3 is 18.6 Å². The lowest BCUT2D eigenvalue weighted by Crippen LogP contribution is -2.17. The molecule has 29 heavy (non-hydrogen) atoms. The second kappa shape index (κ2) is 7.51. The second-order valence-electron chi connectivity index (χ2n) is 6.02. The molecule has 3 aromatic rings. The molecule has 1 aliphatic rings. The molecule has 0 spiro atoms. The molecule has 1 aliphatic heterocycles. The number of rotatable bonds is 5. The van der Waals surface area contributed by atoms with Crippen molar-refractivity contribution in [3.8, 4) is 28.4 Å². The van der Waals surface area contributed by atoms with Crippen molar-refractivity contribution in [2.75, 3.05) is 21.3 Å². The van der Waals surface area contributed by atoms with E-state index in [0.29, 0.717) is 34.2 Å². The smallest absolute Gasteiger partial charge is 0.290 e. The van der Waals surface area contributed by atoms with E-state index in [9.17, 15) is 9.59 Å². The topological polar surface area (TPSA) is 99.9 Å². The minimum absolute atomic E-state index is 0.274. The highest BCUT2D eigenvalue weighted by Crippen LogP contribution is 2.42. The number of carbonyl (C=O) groups is 2. The summed E-state index contributed by atoms with van der Waals surface area (Å²) in [7, 11) is 4.63. The van der Waals surface area contributed by atoms with E-state index in [1.54, 1.807) is 44.8 Å². The van der Waals surface area contributed by atoms with E-state index >= 15 is 0 Å². The van der Waals surface area contributed by atoms with Crippen LogP contribution in [0, 0.1) is 0 Å². The van der Waals surface area contributed by atoms with Gasteiger partial charge in [0.05, 0.1) is 26.2 Å². The zero-order valence-corrected chi connectivity index (χ0v) is 16.6. The summed E-state index contributed by atoms with van der Waals surface area (Å²) in [6.07, 6.45) is 4.86. The second-order valence-corrected chi connectivity index (χ2v) is 7.04. The van der Waals surface area contributed by atoms with Crippen molar-refractivity contribution in [2.24, 2.45) is 0 Å². The summed E-state index contributed by atoms with van der Waals surface area (Å²) in [5.74, 6) is 1.49. The number of hydrogen-bond donors (Lipinski definition) is 1. The van der Waals surface area contributed by atoms with Gasteiger partial charge in [-0.25, -0.2) is 0 Å². The van der Waals surface area contributed by atoms with Gasteiger partial charge in [0, 0.05) is 29.4 Å². The van der Waals surface area contributed by atoms with E-state index < -0.39 is 11.1 Å². The quantitative estimate of drug-likeness (QED) is 0.631. The summed E-state index contributed by atoms with van der Waals surface area (Å²) in [6.45, 7) is 0. The van der Waals surface area contributed by atoms with Gasteiger partial charge in [-0.2, -0.15) is 0 Å². The van der Waals surface area contributed by atoms with Crippen LogP contribution in [0.25, 0.3) is 28.2 Å². The molecule has 1 aromatic carbocycles. The molecule has 0 saturated carbocycles. The number of fused-ring (bicyclic) bond motifs is 1. The van der Waals surface area contributed by atoms with E-state index in [1.165, 1.54) is 13.2 Å². The van der Waals surface area contributed by atoms with Gasteiger partial charge in [-0.1, -0.05) is 0 Å². The maximum absolute atomic E-state index is 11.8. The number of furan rings is 1. The Balaban J connectivity index is 1.84. The Kier molecular flexibility index (Phi) is 4.89. The van der Waals surface area contributed by atoms with Gasteiger partial charge in [0.25, 0.3) is 11.1 Å². The van der Waals surface area contributed by atoms with Crippen molar-refractivity contribution in [3.05, 3.63) is 41.3 Å². The number of benzene rings is 1. The predicted molar refractivity (Wildman–Crippen MR) is 108 cm³/mol. The van der Waals surface area contributed by atoms with Gasteiger partial charge >= 0.3 is 0 Å². The number of hydrogen-bond acceptors (Lipinski definition) is 8. The number of amides is 2. The molecule has 1 saturated heterocycles. The van der Waals surface area contributed by atoms with Crippen molar-refractivity contribution in [1.29, 1.82) is 0 Å². The molecule has 0 aliphatic carbocycles. The Bertz CT molecular complexity index is 1140. The molecule has 0 unspecified atom stereocenters.